The predicted octanol–water partition coefficient (Wildman–Crippen LogP) is 3.86. The Bertz CT molecular complexity index is 1500. The molecule has 8 heteroatoms. The number of aromatic carboxylic acids is 1. The Morgan fingerprint density at radius 1 is 0.941 bits per heavy atom. The summed E-state index contributed by atoms with van der Waals surface area (Å²) in [4.78, 5) is 27.6. The molecule has 34 heavy (non-hydrogen) atoms. The number of carboxylic acids is 1. The Labute approximate surface area is 200 Å². The Morgan fingerprint density at radius 3 is 2.29 bits per heavy atom. The average Bonchev–Trinajstić information content (AvgIpc) is 3.55. The van der Waals surface area contributed by atoms with E-state index in [0.29, 0.717) is 23.6 Å². The number of fused-ring (bicyclic) bond motifs is 1. The number of halogens is 1. The lowest BCUT2D eigenvalue weighted by molar-refractivity contribution is 0.0696. The highest BCUT2D eigenvalue weighted by molar-refractivity contribution is 6.31. The molecule has 2 fully saturated rings. The van der Waals surface area contributed by atoms with Crippen molar-refractivity contribution in [3.63, 3.8) is 0 Å². The van der Waals surface area contributed by atoms with E-state index in [2.05, 4.69) is 4.90 Å². The van der Waals surface area contributed by atoms with Crippen molar-refractivity contribution in [2.24, 2.45) is 0 Å². The smallest absolute Gasteiger partial charge is 0.335 e. The minimum Gasteiger partial charge on any atom is -0.478 e. The highest BCUT2D eigenvalue weighted by Gasteiger charge is 2.49. The van der Waals surface area contributed by atoms with Crippen LogP contribution in [0.1, 0.15) is 28.8 Å². The quantitative estimate of drug-likeness (QED) is 0.457. The Hall–Kier alpha value is -3.55. The van der Waals surface area contributed by atoms with Crippen LogP contribution in [0.2, 0.25) is 5.02 Å². The van der Waals surface area contributed by atoms with Crippen molar-refractivity contribution < 1.29 is 15.0 Å². The second-order valence-corrected chi connectivity index (χ2v) is 9.52. The number of rotatable bonds is 5. The number of hydrogen-bond donors (Lipinski definition) is 2. The van der Waals surface area contributed by atoms with Gasteiger partial charge < -0.3 is 15.1 Å². The van der Waals surface area contributed by atoms with Crippen LogP contribution >= 0.6 is 11.6 Å². The molecule has 172 valence electrons. The van der Waals surface area contributed by atoms with Crippen LogP contribution in [0.5, 0.6) is 0 Å². The van der Waals surface area contributed by atoms with Gasteiger partial charge in [0, 0.05) is 23.8 Å². The first-order valence-corrected chi connectivity index (χ1v) is 11.6. The molecule has 0 unspecified atom stereocenters. The van der Waals surface area contributed by atoms with Crippen LogP contribution in [0.4, 0.5) is 5.69 Å². The number of imidazole rings is 1. The van der Waals surface area contributed by atoms with Crippen molar-refractivity contribution in [1.29, 1.82) is 0 Å². The van der Waals surface area contributed by atoms with Crippen LogP contribution in [0, 0.1) is 0 Å². The lowest BCUT2D eigenvalue weighted by Gasteiger charge is -2.37. The maximum Gasteiger partial charge on any atom is 0.335 e. The number of aromatic nitrogens is 2. The molecule has 2 aliphatic rings. The summed E-state index contributed by atoms with van der Waals surface area (Å²) >= 11 is 6.33. The average molecular weight is 476 g/mol. The maximum atomic E-state index is 13.9. The first-order valence-electron chi connectivity index (χ1n) is 11.2. The van der Waals surface area contributed by atoms with Gasteiger partial charge in [0.2, 0.25) is 0 Å². The van der Waals surface area contributed by atoms with E-state index in [9.17, 15) is 19.8 Å². The number of β-amino-alcohol motifs (C(OH)–C–C–N with tert-alkyl or cyclic N) is 1. The minimum absolute atomic E-state index is 0.192. The molecule has 1 saturated heterocycles. The number of aliphatic hydroxyl groups is 1. The normalized spacial score (nSPS) is 17.1. The molecule has 7 nitrogen and oxygen atoms in total. The first-order chi connectivity index (χ1) is 16.4. The Kier molecular flexibility index (Phi) is 4.62. The fraction of sp³-hybridized carbons (Fsp3) is 0.231. The van der Waals surface area contributed by atoms with Gasteiger partial charge in [-0.25, -0.2) is 9.59 Å². The molecule has 1 aliphatic carbocycles. The van der Waals surface area contributed by atoms with Gasteiger partial charge in [0.15, 0.2) is 0 Å². The van der Waals surface area contributed by atoms with E-state index in [1.165, 1.54) is 0 Å². The van der Waals surface area contributed by atoms with Crippen molar-refractivity contribution in [2.45, 2.75) is 24.5 Å². The molecular formula is C26H22ClN3O4. The number of anilines is 1. The molecule has 6 rings (SSSR count). The largest absolute Gasteiger partial charge is 0.478 e. The van der Waals surface area contributed by atoms with Crippen LogP contribution in [0.15, 0.2) is 71.5 Å². The van der Waals surface area contributed by atoms with Gasteiger partial charge in [-0.05, 0) is 73.0 Å². The molecule has 0 amide bonds. The number of carboxylic acid groups (broad SMARTS) is 1. The van der Waals surface area contributed by atoms with E-state index in [1.807, 2.05) is 36.4 Å². The summed E-state index contributed by atoms with van der Waals surface area (Å²) in [5.41, 5.74) is 3.40. The zero-order valence-corrected chi connectivity index (χ0v) is 18.9. The second kappa shape index (κ2) is 7.48. The lowest BCUT2D eigenvalue weighted by atomic mass is 10.0. The van der Waals surface area contributed by atoms with Crippen molar-refractivity contribution in [1.82, 2.24) is 9.13 Å². The third-order valence-corrected chi connectivity index (χ3v) is 7.17. The van der Waals surface area contributed by atoms with Gasteiger partial charge in [-0.3, -0.25) is 9.13 Å². The minimum atomic E-state index is -0.992. The van der Waals surface area contributed by atoms with Crippen molar-refractivity contribution in [3.05, 3.63) is 93.4 Å². The molecule has 0 spiro atoms. The summed E-state index contributed by atoms with van der Waals surface area (Å²) < 4.78 is 3.45. The first kappa shape index (κ1) is 21.0. The van der Waals surface area contributed by atoms with E-state index in [-0.39, 0.29) is 17.4 Å². The standard InChI is InChI=1S/C26H22ClN3O4/c27-18-4-9-22-23(13-18)29(20-7-5-19(6-8-20)28-14-21(31)15-28)25(34)30(22)26(10-11-26)17-3-1-2-16(12-17)24(32)33/h1-9,12-13,21,31H,10-11,14-15H2,(H,32,33). The fourth-order valence-electron chi connectivity index (χ4n) is 5.01. The number of aliphatic hydroxyl groups excluding tert-OH is 1. The molecule has 1 aromatic heterocycles. The van der Waals surface area contributed by atoms with Crippen LogP contribution in [0.3, 0.4) is 0 Å². The van der Waals surface area contributed by atoms with Crippen molar-refractivity contribution >= 4 is 34.3 Å². The number of carbonyl (C=O) groups is 1. The zero-order valence-electron chi connectivity index (χ0n) is 18.2. The van der Waals surface area contributed by atoms with E-state index >= 15 is 0 Å². The van der Waals surface area contributed by atoms with Gasteiger partial charge in [-0.1, -0.05) is 23.7 Å². The summed E-state index contributed by atoms with van der Waals surface area (Å²) in [5, 5.41) is 19.6. The van der Waals surface area contributed by atoms with Gasteiger partial charge in [0.25, 0.3) is 0 Å². The highest BCUT2D eigenvalue weighted by atomic mass is 35.5. The van der Waals surface area contributed by atoms with Gasteiger partial charge in [0.1, 0.15) is 0 Å². The van der Waals surface area contributed by atoms with Gasteiger partial charge in [0.05, 0.1) is 33.9 Å². The summed E-state index contributed by atoms with van der Waals surface area (Å²) in [6, 6.07) is 20.0. The van der Waals surface area contributed by atoms with E-state index < -0.39 is 11.5 Å². The predicted molar refractivity (Wildman–Crippen MR) is 130 cm³/mol. The summed E-state index contributed by atoms with van der Waals surface area (Å²) in [6.45, 7) is 1.21. The van der Waals surface area contributed by atoms with Crippen LogP contribution in [-0.2, 0) is 5.54 Å². The van der Waals surface area contributed by atoms with Gasteiger partial charge in [-0.2, -0.15) is 0 Å². The van der Waals surface area contributed by atoms with Gasteiger partial charge >= 0.3 is 11.7 Å². The molecule has 2 N–H and O–H groups in total. The van der Waals surface area contributed by atoms with E-state index in [0.717, 1.165) is 35.3 Å². The van der Waals surface area contributed by atoms with E-state index in [4.69, 9.17) is 11.6 Å². The zero-order chi connectivity index (χ0) is 23.6. The third kappa shape index (κ3) is 3.15. The van der Waals surface area contributed by atoms with Crippen molar-refractivity contribution in [3.8, 4) is 5.69 Å². The van der Waals surface area contributed by atoms with Crippen molar-refractivity contribution in [2.75, 3.05) is 18.0 Å². The molecule has 1 saturated carbocycles. The molecule has 0 bridgehead atoms. The summed E-state index contributed by atoms with van der Waals surface area (Å²) in [5.74, 6) is -0.992. The molecule has 4 aromatic rings. The third-order valence-electron chi connectivity index (χ3n) is 6.94. The number of benzene rings is 3. The Morgan fingerprint density at radius 2 is 1.65 bits per heavy atom. The summed E-state index contributed by atoms with van der Waals surface area (Å²) in [7, 11) is 0. The Balaban J connectivity index is 1.51. The SMILES string of the molecule is O=C(O)c1cccc(C2(n3c(=O)n(-c4ccc(N5CC(O)C5)cc4)c4cc(Cl)ccc43)CC2)c1. The molecule has 0 atom stereocenters. The highest BCUT2D eigenvalue weighted by Crippen LogP contribution is 2.50. The van der Waals surface area contributed by atoms with E-state index in [1.54, 1.807) is 39.5 Å². The molecule has 0 radical (unpaired) electrons. The number of hydrogen-bond acceptors (Lipinski definition) is 4. The topological polar surface area (TPSA) is 87.7 Å². The lowest BCUT2D eigenvalue weighted by Crippen LogP contribution is -2.50. The molecule has 1 aliphatic heterocycles. The monoisotopic (exact) mass is 475 g/mol. The fourth-order valence-corrected chi connectivity index (χ4v) is 5.18. The van der Waals surface area contributed by atoms with Gasteiger partial charge in [-0.15, -0.1) is 0 Å². The summed E-state index contributed by atoms with van der Waals surface area (Å²) in [6.07, 6.45) is 1.19. The van der Waals surface area contributed by atoms with Crippen LogP contribution < -0.4 is 10.6 Å². The molecule has 3 aromatic carbocycles. The van der Waals surface area contributed by atoms with Crippen LogP contribution in [-0.4, -0.2) is 44.5 Å². The van der Waals surface area contributed by atoms with Crippen LogP contribution in [0.25, 0.3) is 16.7 Å². The second-order valence-electron chi connectivity index (χ2n) is 9.08. The number of nitrogens with zero attached hydrogens (tertiary/aromatic N) is 3. The molecule has 2 heterocycles. The maximum absolute atomic E-state index is 13.9. The molecular weight excluding hydrogens is 454 g/mol.